The summed E-state index contributed by atoms with van der Waals surface area (Å²) in [5.74, 6) is 0.368. The molecule has 0 atom stereocenters. The van der Waals surface area contributed by atoms with Crippen molar-refractivity contribution in [3.05, 3.63) is 0 Å². The maximum atomic E-state index is 11.8. The molecule has 0 aromatic rings. The SMILES string of the molecule is N#CCCN(CCN1CCOCC1)C(=O)CCCl. The molecule has 0 radical (unpaired) electrons. The van der Waals surface area contributed by atoms with E-state index in [1.165, 1.54) is 0 Å². The molecule has 1 saturated heterocycles. The number of rotatable bonds is 7. The molecule has 1 heterocycles. The van der Waals surface area contributed by atoms with Crippen LogP contribution in [0.4, 0.5) is 0 Å². The molecular formula is C12H20ClN3O2. The van der Waals surface area contributed by atoms with E-state index in [0.29, 0.717) is 31.8 Å². The quantitative estimate of drug-likeness (QED) is 0.641. The zero-order valence-corrected chi connectivity index (χ0v) is 11.4. The van der Waals surface area contributed by atoms with E-state index in [1.807, 2.05) is 0 Å². The molecule has 0 bridgehead atoms. The number of hydrogen-bond donors (Lipinski definition) is 0. The van der Waals surface area contributed by atoms with Crippen molar-refractivity contribution in [2.75, 3.05) is 51.8 Å². The van der Waals surface area contributed by atoms with Crippen molar-refractivity contribution >= 4 is 17.5 Å². The van der Waals surface area contributed by atoms with Crippen molar-refractivity contribution in [2.24, 2.45) is 0 Å². The second-order valence-corrected chi connectivity index (χ2v) is 4.56. The number of alkyl halides is 1. The molecule has 1 amide bonds. The Bertz CT molecular complexity index is 288. The standard InChI is InChI=1S/C12H20ClN3O2/c13-3-2-12(17)16(5-1-4-14)7-6-15-8-10-18-11-9-15/h1-3,5-11H2. The van der Waals surface area contributed by atoms with Gasteiger partial charge in [-0.15, -0.1) is 11.6 Å². The lowest BCUT2D eigenvalue weighted by atomic mass is 10.3. The predicted octanol–water partition coefficient (Wildman–Crippen LogP) is 0.690. The van der Waals surface area contributed by atoms with Crippen LogP contribution in [0, 0.1) is 11.3 Å². The van der Waals surface area contributed by atoms with Crippen LogP contribution in [0.5, 0.6) is 0 Å². The molecule has 1 aliphatic heterocycles. The van der Waals surface area contributed by atoms with Gasteiger partial charge in [0.15, 0.2) is 0 Å². The van der Waals surface area contributed by atoms with E-state index in [2.05, 4.69) is 11.0 Å². The molecule has 0 aliphatic carbocycles. The summed E-state index contributed by atoms with van der Waals surface area (Å²) in [6, 6.07) is 2.07. The zero-order valence-electron chi connectivity index (χ0n) is 10.6. The fourth-order valence-corrected chi connectivity index (χ4v) is 2.03. The van der Waals surface area contributed by atoms with Crippen molar-refractivity contribution in [2.45, 2.75) is 12.8 Å². The van der Waals surface area contributed by atoms with Gasteiger partial charge in [-0.05, 0) is 0 Å². The first kappa shape index (κ1) is 15.2. The van der Waals surface area contributed by atoms with Crippen molar-refractivity contribution in [3.8, 4) is 6.07 Å². The summed E-state index contributed by atoms with van der Waals surface area (Å²) in [4.78, 5) is 15.8. The van der Waals surface area contributed by atoms with Gasteiger partial charge in [0.25, 0.3) is 0 Å². The number of ether oxygens (including phenoxy) is 1. The van der Waals surface area contributed by atoms with Gasteiger partial charge in [0.2, 0.25) is 5.91 Å². The third-order valence-corrected chi connectivity index (χ3v) is 3.13. The number of carbonyl (C=O) groups is 1. The van der Waals surface area contributed by atoms with Gasteiger partial charge in [0.1, 0.15) is 0 Å². The molecule has 0 aromatic carbocycles. The summed E-state index contributed by atoms with van der Waals surface area (Å²) in [7, 11) is 0. The first-order valence-corrected chi connectivity index (χ1v) is 6.82. The van der Waals surface area contributed by atoms with E-state index < -0.39 is 0 Å². The van der Waals surface area contributed by atoms with Gasteiger partial charge in [-0.1, -0.05) is 0 Å². The van der Waals surface area contributed by atoms with Crippen LogP contribution in [0.2, 0.25) is 0 Å². The molecule has 1 aliphatic rings. The molecule has 0 spiro atoms. The normalized spacial score (nSPS) is 16.2. The number of morpholine rings is 1. The Morgan fingerprint density at radius 2 is 2.11 bits per heavy atom. The van der Waals surface area contributed by atoms with Gasteiger partial charge >= 0.3 is 0 Å². The first-order valence-electron chi connectivity index (χ1n) is 6.28. The van der Waals surface area contributed by atoms with Crippen molar-refractivity contribution < 1.29 is 9.53 Å². The number of carbonyl (C=O) groups excluding carboxylic acids is 1. The highest BCUT2D eigenvalue weighted by molar-refractivity contribution is 6.18. The number of hydrogen-bond acceptors (Lipinski definition) is 4. The van der Waals surface area contributed by atoms with Gasteiger partial charge in [0, 0.05) is 45.0 Å². The number of nitriles is 1. The Labute approximate surface area is 113 Å². The second-order valence-electron chi connectivity index (χ2n) is 4.18. The van der Waals surface area contributed by atoms with Crippen molar-refractivity contribution in [3.63, 3.8) is 0 Å². The zero-order chi connectivity index (χ0) is 13.2. The van der Waals surface area contributed by atoms with E-state index in [1.54, 1.807) is 4.90 Å². The lowest BCUT2D eigenvalue weighted by Crippen LogP contribution is -2.43. The van der Waals surface area contributed by atoms with Gasteiger partial charge < -0.3 is 9.64 Å². The van der Waals surface area contributed by atoms with Crippen LogP contribution in [0.3, 0.4) is 0 Å². The van der Waals surface area contributed by atoms with Crippen LogP contribution in [-0.2, 0) is 9.53 Å². The smallest absolute Gasteiger partial charge is 0.223 e. The Morgan fingerprint density at radius 3 is 2.72 bits per heavy atom. The molecule has 102 valence electrons. The summed E-state index contributed by atoms with van der Waals surface area (Å²) in [5.41, 5.74) is 0. The number of amides is 1. The number of nitrogens with zero attached hydrogens (tertiary/aromatic N) is 3. The van der Waals surface area contributed by atoms with E-state index in [9.17, 15) is 4.79 Å². The maximum absolute atomic E-state index is 11.8. The van der Waals surface area contributed by atoms with Crippen LogP contribution in [-0.4, -0.2) is 67.5 Å². The predicted molar refractivity (Wildman–Crippen MR) is 69.4 cm³/mol. The molecule has 5 nitrogen and oxygen atoms in total. The van der Waals surface area contributed by atoms with Gasteiger partial charge in [-0.25, -0.2) is 0 Å². The Morgan fingerprint density at radius 1 is 1.39 bits per heavy atom. The minimum absolute atomic E-state index is 0.0357. The molecule has 1 fully saturated rings. The fraction of sp³-hybridized carbons (Fsp3) is 0.833. The summed E-state index contributed by atoms with van der Waals surface area (Å²) < 4.78 is 5.27. The van der Waals surface area contributed by atoms with E-state index in [-0.39, 0.29) is 5.91 Å². The summed E-state index contributed by atoms with van der Waals surface area (Å²) in [6.45, 7) is 5.34. The highest BCUT2D eigenvalue weighted by Crippen LogP contribution is 2.01. The minimum atomic E-state index is 0.0357. The molecule has 0 aromatic heterocycles. The molecule has 6 heteroatoms. The topological polar surface area (TPSA) is 56.6 Å². The third-order valence-electron chi connectivity index (χ3n) is 2.94. The Balaban J connectivity index is 2.34. The van der Waals surface area contributed by atoms with Gasteiger partial charge in [-0.2, -0.15) is 5.26 Å². The van der Waals surface area contributed by atoms with E-state index >= 15 is 0 Å². The van der Waals surface area contributed by atoms with E-state index in [0.717, 1.165) is 32.8 Å². The summed E-state index contributed by atoms with van der Waals surface area (Å²) in [5, 5.41) is 8.60. The Kier molecular flexibility index (Phi) is 7.74. The molecule has 18 heavy (non-hydrogen) atoms. The molecular weight excluding hydrogens is 254 g/mol. The second kappa shape index (κ2) is 9.15. The molecule has 0 N–H and O–H groups in total. The fourth-order valence-electron chi connectivity index (χ4n) is 1.87. The number of halogens is 1. The van der Waals surface area contributed by atoms with Crippen molar-refractivity contribution in [1.82, 2.24) is 9.80 Å². The van der Waals surface area contributed by atoms with Crippen LogP contribution >= 0.6 is 11.6 Å². The largest absolute Gasteiger partial charge is 0.379 e. The van der Waals surface area contributed by atoms with Crippen LogP contribution in [0.25, 0.3) is 0 Å². The van der Waals surface area contributed by atoms with Crippen LogP contribution in [0.1, 0.15) is 12.8 Å². The van der Waals surface area contributed by atoms with Crippen LogP contribution in [0.15, 0.2) is 0 Å². The molecule has 1 rings (SSSR count). The average molecular weight is 274 g/mol. The van der Waals surface area contributed by atoms with Crippen LogP contribution < -0.4 is 0 Å². The third kappa shape index (κ3) is 5.67. The maximum Gasteiger partial charge on any atom is 0.223 e. The highest BCUT2D eigenvalue weighted by Gasteiger charge is 2.15. The molecule has 0 unspecified atom stereocenters. The average Bonchev–Trinajstić information content (AvgIpc) is 2.40. The van der Waals surface area contributed by atoms with E-state index in [4.69, 9.17) is 21.6 Å². The highest BCUT2D eigenvalue weighted by atomic mass is 35.5. The van der Waals surface area contributed by atoms with Crippen molar-refractivity contribution in [1.29, 1.82) is 5.26 Å². The van der Waals surface area contributed by atoms with Gasteiger partial charge in [0.05, 0.1) is 25.7 Å². The lowest BCUT2D eigenvalue weighted by Gasteiger charge is -2.29. The lowest BCUT2D eigenvalue weighted by molar-refractivity contribution is -0.131. The Hall–Kier alpha value is -0.830. The minimum Gasteiger partial charge on any atom is -0.379 e. The first-order chi connectivity index (χ1) is 8.77. The van der Waals surface area contributed by atoms with Gasteiger partial charge in [-0.3, -0.25) is 9.69 Å². The molecule has 0 saturated carbocycles. The summed E-state index contributed by atoms with van der Waals surface area (Å²) >= 11 is 5.58. The monoisotopic (exact) mass is 273 g/mol. The summed E-state index contributed by atoms with van der Waals surface area (Å²) in [6.07, 6.45) is 0.716.